The van der Waals surface area contributed by atoms with Gasteiger partial charge < -0.3 is 9.57 Å². The van der Waals surface area contributed by atoms with E-state index < -0.39 is 21.1 Å². The van der Waals surface area contributed by atoms with Crippen molar-refractivity contribution in [2.45, 2.75) is 30.4 Å². The fourth-order valence-corrected chi connectivity index (χ4v) is 4.97. The summed E-state index contributed by atoms with van der Waals surface area (Å²) in [5, 5.41) is 12.4. The van der Waals surface area contributed by atoms with E-state index in [1.165, 1.54) is 24.3 Å². The third-order valence-electron chi connectivity index (χ3n) is 4.82. The molecule has 1 aliphatic heterocycles. The number of ether oxygens (including phenoxy) is 1. The van der Waals surface area contributed by atoms with Crippen molar-refractivity contribution in [1.29, 1.82) is 0 Å². The highest BCUT2D eigenvalue weighted by Gasteiger charge is 2.23. The number of halogens is 1. The molecule has 1 aliphatic rings. The number of hydrogen-bond donors (Lipinski definition) is 3. The van der Waals surface area contributed by atoms with Crippen molar-refractivity contribution < 1.29 is 27.2 Å². The first-order valence-corrected chi connectivity index (χ1v) is 12.5. The second-order valence-electron chi connectivity index (χ2n) is 7.23. The molecule has 0 atom stereocenters. The number of sulfonamides is 1. The smallest absolute Gasteiger partial charge is 0.280 e. The second-order valence-corrected chi connectivity index (χ2v) is 9.93. The maximum Gasteiger partial charge on any atom is 0.280 e. The minimum atomic E-state index is -3.75. The Balaban J connectivity index is 1.52. The van der Waals surface area contributed by atoms with Crippen molar-refractivity contribution in [3.63, 3.8) is 0 Å². The van der Waals surface area contributed by atoms with Gasteiger partial charge in [-0.2, -0.15) is 9.49 Å². The van der Waals surface area contributed by atoms with E-state index in [1.807, 2.05) is 0 Å². The summed E-state index contributed by atoms with van der Waals surface area (Å²) in [5.74, 6) is -0.702. The molecule has 1 amide bonds. The fraction of sp³-hybridized carbons (Fsp3) is 0.300. The van der Waals surface area contributed by atoms with Gasteiger partial charge in [0.05, 0.1) is 11.1 Å². The van der Waals surface area contributed by atoms with Crippen molar-refractivity contribution in [3.05, 3.63) is 59.1 Å². The molecular weight excluding hydrogens is 487 g/mol. The number of H-pyrrole nitrogens is 1. The van der Waals surface area contributed by atoms with Gasteiger partial charge in [-0.25, -0.2) is 18.1 Å². The van der Waals surface area contributed by atoms with E-state index in [0.717, 1.165) is 6.20 Å². The van der Waals surface area contributed by atoms with Gasteiger partial charge in [0.15, 0.2) is 22.6 Å². The maximum absolute atomic E-state index is 13.3. The second kappa shape index (κ2) is 10.8. The molecule has 0 unspecified atom stereocenters. The largest absolute Gasteiger partial charge is 0.389 e. The Hall–Kier alpha value is -3.20. The molecular formula is C20H21FN6O5S2. The topological polar surface area (TPSA) is 148 Å². The molecule has 1 aromatic carbocycles. The van der Waals surface area contributed by atoms with Crippen LogP contribution in [0.25, 0.3) is 0 Å². The van der Waals surface area contributed by atoms with Crippen LogP contribution in [0, 0.1) is 5.13 Å². The summed E-state index contributed by atoms with van der Waals surface area (Å²) < 4.78 is 46.6. The number of benzene rings is 1. The van der Waals surface area contributed by atoms with Gasteiger partial charge in [0.1, 0.15) is 5.69 Å². The molecule has 3 heterocycles. The molecule has 0 spiro atoms. The monoisotopic (exact) mass is 508 g/mol. The van der Waals surface area contributed by atoms with Crippen molar-refractivity contribution in [2.75, 3.05) is 18.5 Å². The Kier molecular flexibility index (Phi) is 7.62. The zero-order chi connectivity index (χ0) is 24.0. The average Bonchev–Trinajstić information content (AvgIpc) is 3.49. The normalized spacial score (nSPS) is 15.3. The molecule has 0 saturated carbocycles. The Bertz CT molecular complexity index is 1240. The molecule has 3 N–H and O–H groups in total. The number of hydrogen-bond acceptors (Lipinski definition) is 9. The number of carbonyl (C=O) groups is 1. The van der Waals surface area contributed by atoms with Crippen LogP contribution in [0.15, 0.2) is 52.8 Å². The predicted molar refractivity (Wildman–Crippen MR) is 121 cm³/mol. The summed E-state index contributed by atoms with van der Waals surface area (Å²) in [6.07, 6.45) is 3.79. The SMILES string of the molecule is O=C(Nc1ncc(F)s1)/C(=N/OCc1cc[nH]n1)c1ccc(S(=O)(=O)NC2CCOCC2)cc1. The Morgan fingerprint density at radius 3 is 2.68 bits per heavy atom. The fourth-order valence-electron chi connectivity index (χ4n) is 3.12. The third kappa shape index (κ3) is 6.22. The number of rotatable bonds is 9. The lowest BCUT2D eigenvalue weighted by Crippen LogP contribution is -2.38. The first-order valence-electron chi connectivity index (χ1n) is 10.2. The van der Waals surface area contributed by atoms with E-state index in [1.54, 1.807) is 12.3 Å². The van der Waals surface area contributed by atoms with E-state index in [9.17, 15) is 17.6 Å². The standard InChI is InChI=1S/C20H21FN6O5S2/c21-17-11-22-20(33-17)24-19(28)18(26-32-12-15-5-8-23-25-15)13-1-3-16(4-2-13)34(29,30)27-14-6-9-31-10-7-14/h1-5,8,11,14,27H,6-7,9-10,12H2,(H,23,25)(H,22,24,28)/b26-18+. The van der Waals surface area contributed by atoms with Crippen LogP contribution in [-0.2, 0) is 31.0 Å². The summed E-state index contributed by atoms with van der Waals surface area (Å²) in [4.78, 5) is 21.9. The quantitative estimate of drug-likeness (QED) is 0.296. The number of nitrogens with zero attached hydrogens (tertiary/aromatic N) is 3. The van der Waals surface area contributed by atoms with E-state index in [2.05, 4.69) is 30.4 Å². The highest BCUT2D eigenvalue weighted by Crippen LogP contribution is 2.18. The molecule has 3 aromatic rings. The van der Waals surface area contributed by atoms with Crippen LogP contribution in [0.2, 0.25) is 0 Å². The zero-order valence-electron chi connectivity index (χ0n) is 17.7. The van der Waals surface area contributed by atoms with Crippen molar-refractivity contribution in [2.24, 2.45) is 5.16 Å². The van der Waals surface area contributed by atoms with E-state index in [0.29, 0.717) is 48.6 Å². The van der Waals surface area contributed by atoms with Gasteiger partial charge in [-0.15, -0.1) is 0 Å². The Morgan fingerprint density at radius 2 is 2.03 bits per heavy atom. The molecule has 34 heavy (non-hydrogen) atoms. The van der Waals surface area contributed by atoms with Crippen molar-refractivity contribution in [3.8, 4) is 0 Å². The Labute approximate surface area is 198 Å². The van der Waals surface area contributed by atoms with Gasteiger partial charge in [0.2, 0.25) is 10.0 Å². The number of carbonyl (C=O) groups excluding carboxylic acids is 1. The summed E-state index contributed by atoms with van der Waals surface area (Å²) in [5.41, 5.74) is 0.709. The molecule has 1 saturated heterocycles. The molecule has 180 valence electrons. The number of anilines is 1. The molecule has 4 rings (SSSR count). The lowest BCUT2D eigenvalue weighted by atomic mass is 10.1. The van der Waals surface area contributed by atoms with Crippen LogP contribution >= 0.6 is 11.3 Å². The number of amides is 1. The zero-order valence-corrected chi connectivity index (χ0v) is 19.4. The highest BCUT2D eigenvalue weighted by molar-refractivity contribution is 7.89. The Morgan fingerprint density at radius 1 is 1.26 bits per heavy atom. The molecule has 0 bridgehead atoms. The van der Waals surface area contributed by atoms with Crippen LogP contribution in [-0.4, -0.2) is 54.5 Å². The number of thiazole rings is 1. The lowest BCUT2D eigenvalue weighted by Gasteiger charge is -2.23. The van der Waals surface area contributed by atoms with E-state index in [-0.39, 0.29) is 28.4 Å². The summed E-state index contributed by atoms with van der Waals surface area (Å²) >= 11 is 0.657. The van der Waals surface area contributed by atoms with Gasteiger partial charge in [-0.05, 0) is 31.0 Å². The molecule has 0 aliphatic carbocycles. The minimum Gasteiger partial charge on any atom is -0.389 e. The molecule has 1 fully saturated rings. The first-order chi connectivity index (χ1) is 16.4. The first kappa shape index (κ1) is 23.9. The highest BCUT2D eigenvalue weighted by atomic mass is 32.2. The van der Waals surface area contributed by atoms with E-state index in [4.69, 9.17) is 9.57 Å². The summed E-state index contributed by atoms with van der Waals surface area (Å²) in [7, 11) is -3.75. The van der Waals surface area contributed by atoms with Crippen LogP contribution < -0.4 is 10.0 Å². The number of aromatic amines is 1. The van der Waals surface area contributed by atoms with Crippen molar-refractivity contribution in [1.82, 2.24) is 19.9 Å². The average molecular weight is 509 g/mol. The maximum atomic E-state index is 13.3. The van der Waals surface area contributed by atoms with Gasteiger partial charge in [0, 0.05) is 31.0 Å². The van der Waals surface area contributed by atoms with Gasteiger partial charge in [-0.1, -0.05) is 28.6 Å². The van der Waals surface area contributed by atoms with Gasteiger partial charge in [-0.3, -0.25) is 15.2 Å². The van der Waals surface area contributed by atoms with E-state index >= 15 is 0 Å². The molecule has 14 heteroatoms. The number of nitrogens with one attached hydrogen (secondary N) is 3. The van der Waals surface area contributed by atoms with Crippen LogP contribution in [0.3, 0.4) is 0 Å². The third-order valence-corrected chi connectivity index (χ3v) is 7.06. The predicted octanol–water partition coefficient (Wildman–Crippen LogP) is 2.02. The van der Waals surface area contributed by atoms with Gasteiger partial charge in [0.25, 0.3) is 5.91 Å². The van der Waals surface area contributed by atoms with Crippen LogP contribution in [0.1, 0.15) is 24.1 Å². The number of oxime groups is 1. The lowest BCUT2D eigenvalue weighted by molar-refractivity contribution is -0.110. The van der Waals surface area contributed by atoms with Crippen LogP contribution in [0.5, 0.6) is 0 Å². The minimum absolute atomic E-state index is 0.00630. The molecule has 2 aromatic heterocycles. The number of aromatic nitrogens is 3. The van der Waals surface area contributed by atoms with Crippen LogP contribution in [0.4, 0.5) is 9.52 Å². The molecule has 0 radical (unpaired) electrons. The molecule has 11 nitrogen and oxygen atoms in total. The summed E-state index contributed by atoms with van der Waals surface area (Å²) in [6, 6.07) is 7.11. The summed E-state index contributed by atoms with van der Waals surface area (Å²) in [6.45, 7) is 0.998. The van der Waals surface area contributed by atoms with Crippen molar-refractivity contribution >= 4 is 38.1 Å². The van der Waals surface area contributed by atoms with Gasteiger partial charge >= 0.3 is 0 Å².